The van der Waals surface area contributed by atoms with E-state index in [1.165, 1.54) is 14.0 Å². The Balaban J connectivity index is 2.25. The van der Waals surface area contributed by atoms with Crippen molar-refractivity contribution in [3.8, 4) is 17.1 Å². The molecule has 0 N–H and O–H groups in total. The van der Waals surface area contributed by atoms with Crippen LogP contribution >= 0.6 is 0 Å². The topological polar surface area (TPSA) is 65.7 Å². The summed E-state index contributed by atoms with van der Waals surface area (Å²) in [5.41, 5.74) is 2.91. The first-order valence-electron chi connectivity index (χ1n) is 8.29. The first kappa shape index (κ1) is 17.7. The van der Waals surface area contributed by atoms with Crippen LogP contribution in [0.2, 0.25) is 0 Å². The van der Waals surface area contributed by atoms with Crippen molar-refractivity contribution < 1.29 is 18.7 Å². The lowest BCUT2D eigenvalue weighted by Gasteiger charge is -2.15. The van der Waals surface area contributed by atoms with Crippen molar-refractivity contribution in [3.63, 3.8) is 0 Å². The normalized spacial score (nSPS) is 12.0. The molecule has 0 aliphatic carbocycles. The summed E-state index contributed by atoms with van der Waals surface area (Å²) in [6.45, 7) is 5.43. The zero-order valence-corrected chi connectivity index (χ0v) is 15.2. The number of hydrogen-bond acceptors (Lipinski definition) is 5. The van der Waals surface area contributed by atoms with Crippen molar-refractivity contribution in [3.05, 3.63) is 63.8 Å². The fourth-order valence-corrected chi connectivity index (χ4v) is 2.68. The molecule has 134 valence electrons. The van der Waals surface area contributed by atoms with Gasteiger partial charge in [-0.15, -0.1) is 0 Å². The van der Waals surface area contributed by atoms with Gasteiger partial charge in [-0.25, -0.2) is 4.79 Å². The van der Waals surface area contributed by atoms with E-state index in [0.717, 1.165) is 11.1 Å². The molecule has 0 saturated carbocycles. The summed E-state index contributed by atoms with van der Waals surface area (Å²) in [6, 6.07) is 12.9. The molecule has 0 amide bonds. The Morgan fingerprint density at radius 3 is 2.35 bits per heavy atom. The molecule has 1 unspecified atom stereocenters. The van der Waals surface area contributed by atoms with E-state index >= 15 is 0 Å². The second-order valence-corrected chi connectivity index (χ2v) is 6.24. The molecular formula is C21H20O5. The van der Waals surface area contributed by atoms with Gasteiger partial charge in [0.2, 0.25) is 11.2 Å². The van der Waals surface area contributed by atoms with Crippen molar-refractivity contribution in [1.29, 1.82) is 0 Å². The maximum Gasteiger partial charge on any atom is 0.346 e. The number of benzene rings is 2. The van der Waals surface area contributed by atoms with E-state index in [4.69, 9.17) is 13.9 Å². The Kier molecular flexibility index (Phi) is 4.80. The van der Waals surface area contributed by atoms with Gasteiger partial charge in [-0.1, -0.05) is 35.9 Å². The van der Waals surface area contributed by atoms with Gasteiger partial charge in [0.05, 0.1) is 12.5 Å². The molecule has 0 radical (unpaired) electrons. The van der Waals surface area contributed by atoms with Crippen molar-refractivity contribution in [2.45, 2.75) is 26.9 Å². The molecule has 0 aliphatic rings. The Morgan fingerprint density at radius 1 is 1.04 bits per heavy atom. The predicted octanol–water partition coefficient (Wildman–Crippen LogP) is 4.02. The molecule has 0 aliphatic heterocycles. The van der Waals surface area contributed by atoms with Crippen LogP contribution in [0.3, 0.4) is 0 Å². The van der Waals surface area contributed by atoms with E-state index in [1.807, 2.05) is 50.2 Å². The number of ether oxygens (including phenoxy) is 2. The number of methoxy groups -OCH3 is 1. The van der Waals surface area contributed by atoms with Gasteiger partial charge in [0.1, 0.15) is 5.58 Å². The van der Waals surface area contributed by atoms with Gasteiger partial charge in [0.15, 0.2) is 11.9 Å². The Bertz CT molecular complexity index is 1010. The van der Waals surface area contributed by atoms with E-state index < -0.39 is 12.1 Å². The minimum Gasteiger partial charge on any atom is -0.471 e. The highest BCUT2D eigenvalue weighted by molar-refractivity contribution is 5.83. The molecule has 0 saturated heterocycles. The lowest BCUT2D eigenvalue weighted by atomic mass is 10.1. The van der Waals surface area contributed by atoms with E-state index in [9.17, 15) is 9.59 Å². The van der Waals surface area contributed by atoms with E-state index in [1.54, 1.807) is 6.07 Å². The first-order chi connectivity index (χ1) is 12.4. The largest absolute Gasteiger partial charge is 0.471 e. The maximum atomic E-state index is 13.0. The zero-order valence-electron chi connectivity index (χ0n) is 15.2. The molecule has 0 spiro atoms. The standard InChI is InChI=1S/C21H20O5/c1-12-5-8-15(9-6-12)19-20(25-14(3)21(23)24-4)18(22)16-10-7-13(2)11-17(16)26-19/h5-11,14H,1-4H3. The summed E-state index contributed by atoms with van der Waals surface area (Å²) < 4.78 is 16.4. The van der Waals surface area contributed by atoms with Gasteiger partial charge in [-0.05, 0) is 38.5 Å². The molecule has 1 aromatic heterocycles. The number of carbonyl (C=O) groups is 1. The van der Waals surface area contributed by atoms with Crippen LogP contribution in [0.5, 0.6) is 5.75 Å². The Labute approximate surface area is 151 Å². The van der Waals surface area contributed by atoms with Gasteiger partial charge < -0.3 is 13.9 Å². The summed E-state index contributed by atoms with van der Waals surface area (Å²) in [5, 5.41) is 0.401. The molecule has 0 bridgehead atoms. The summed E-state index contributed by atoms with van der Waals surface area (Å²) in [7, 11) is 1.27. The SMILES string of the molecule is COC(=O)C(C)Oc1c(-c2ccc(C)cc2)oc2cc(C)ccc2c1=O. The minimum absolute atomic E-state index is 0.00288. The van der Waals surface area contributed by atoms with E-state index in [2.05, 4.69) is 0 Å². The van der Waals surface area contributed by atoms with Crippen molar-refractivity contribution in [1.82, 2.24) is 0 Å². The van der Waals surface area contributed by atoms with Crippen LogP contribution in [0.1, 0.15) is 18.1 Å². The second kappa shape index (κ2) is 7.04. The number of rotatable bonds is 4. The monoisotopic (exact) mass is 352 g/mol. The molecule has 1 atom stereocenters. The Morgan fingerprint density at radius 2 is 1.69 bits per heavy atom. The number of aryl methyl sites for hydroxylation is 2. The van der Waals surface area contributed by atoms with Crippen LogP contribution in [0.15, 0.2) is 51.7 Å². The summed E-state index contributed by atoms with van der Waals surface area (Å²) in [6.07, 6.45) is -0.935. The highest BCUT2D eigenvalue weighted by atomic mass is 16.6. The lowest BCUT2D eigenvalue weighted by Crippen LogP contribution is -2.27. The van der Waals surface area contributed by atoms with Crippen molar-refractivity contribution in [2.75, 3.05) is 7.11 Å². The zero-order chi connectivity index (χ0) is 18.8. The maximum absolute atomic E-state index is 13.0. The van der Waals surface area contributed by atoms with Gasteiger partial charge in [0.25, 0.3) is 0 Å². The third kappa shape index (κ3) is 3.33. The molecule has 5 nitrogen and oxygen atoms in total. The number of carbonyl (C=O) groups excluding carboxylic acids is 1. The molecular weight excluding hydrogens is 332 g/mol. The summed E-state index contributed by atoms with van der Waals surface area (Å²) in [4.78, 5) is 24.8. The fourth-order valence-electron chi connectivity index (χ4n) is 2.68. The Hall–Kier alpha value is -3.08. The fraction of sp³-hybridized carbons (Fsp3) is 0.238. The number of esters is 1. The van der Waals surface area contributed by atoms with Gasteiger partial charge in [-0.3, -0.25) is 4.79 Å². The van der Waals surface area contributed by atoms with E-state index in [-0.39, 0.29) is 11.2 Å². The average molecular weight is 352 g/mol. The van der Waals surface area contributed by atoms with Crippen LogP contribution in [0.25, 0.3) is 22.3 Å². The highest BCUT2D eigenvalue weighted by Gasteiger charge is 2.23. The van der Waals surface area contributed by atoms with Crippen LogP contribution in [0, 0.1) is 13.8 Å². The summed E-state index contributed by atoms with van der Waals surface area (Å²) in [5.74, 6) is -0.268. The molecule has 1 heterocycles. The molecule has 3 rings (SSSR count). The quantitative estimate of drug-likeness (QED) is 0.664. The van der Waals surface area contributed by atoms with Gasteiger partial charge in [0, 0.05) is 5.56 Å². The predicted molar refractivity (Wildman–Crippen MR) is 99.5 cm³/mol. The van der Waals surface area contributed by atoms with E-state index in [0.29, 0.717) is 22.3 Å². The molecule has 3 aromatic rings. The van der Waals surface area contributed by atoms with Crippen LogP contribution in [-0.4, -0.2) is 19.2 Å². The second-order valence-electron chi connectivity index (χ2n) is 6.24. The average Bonchev–Trinajstić information content (AvgIpc) is 2.63. The summed E-state index contributed by atoms with van der Waals surface area (Å²) >= 11 is 0. The van der Waals surface area contributed by atoms with Gasteiger partial charge in [-0.2, -0.15) is 0 Å². The number of hydrogen-bond donors (Lipinski definition) is 0. The smallest absolute Gasteiger partial charge is 0.346 e. The van der Waals surface area contributed by atoms with Crippen molar-refractivity contribution >= 4 is 16.9 Å². The molecule has 5 heteroatoms. The van der Waals surface area contributed by atoms with Gasteiger partial charge >= 0.3 is 5.97 Å². The molecule has 0 fully saturated rings. The molecule has 26 heavy (non-hydrogen) atoms. The van der Waals surface area contributed by atoms with Crippen LogP contribution in [-0.2, 0) is 9.53 Å². The lowest BCUT2D eigenvalue weighted by molar-refractivity contribution is -0.147. The van der Waals surface area contributed by atoms with Crippen LogP contribution in [0.4, 0.5) is 0 Å². The number of fused-ring (bicyclic) bond motifs is 1. The van der Waals surface area contributed by atoms with Crippen LogP contribution < -0.4 is 10.2 Å². The third-order valence-corrected chi connectivity index (χ3v) is 4.15. The van der Waals surface area contributed by atoms with Crippen molar-refractivity contribution in [2.24, 2.45) is 0 Å². The minimum atomic E-state index is -0.935. The third-order valence-electron chi connectivity index (χ3n) is 4.15. The highest BCUT2D eigenvalue weighted by Crippen LogP contribution is 2.32. The molecule has 2 aromatic carbocycles. The first-order valence-corrected chi connectivity index (χ1v) is 8.29.